The first-order chi connectivity index (χ1) is 20.2. The molecule has 0 N–H and O–H groups in total. The molecule has 6 aromatic rings. The SMILES string of the molecule is Cc1ccccc1N1B(c2c(-c3ccccc3)cccc2-c2ccccc2)N(c2ccccc2)c2ccc[n+](C)c21. The fourth-order valence-electron chi connectivity index (χ4n) is 6.22. The summed E-state index contributed by atoms with van der Waals surface area (Å²) in [6.45, 7) is 2.07. The number of hydrogen-bond acceptors (Lipinski definition) is 2. The lowest BCUT2D eigenvalue weighted by atomic mass is 9.59. The number of anilines is 4. The van der Waals surface area contributed by atoms with Crippen molar-refractivity contribution < 1.29 is 4.57 Å². The Morgan fingerprint density at radius 1 is 0.512 bits per heavy atom. The van der Waals surface area contributed by atoms with Crippen LogP contribution in [-0.2, 0) is 7.05 Å². The quantitative estimate of drug-likeness (QED) is 0.167. The molecule has 196 valence electrons. The van der Waals surface area contributed by atoms with Crippen molar-refractivity contribution in [1.29, 1.82) is 0 Å². The molecule has 1 aliphatic heterocycles. The van der Waals surface area contributed by atoms with E-state index in [1.807, 2.05) is 0 Å². The van der Waals surface area contributed by atoms with Crippen LogP contribution in [0, 0.1) is 6.92 Å². The Morgan fingerprint density at radius 3 is 1.66 bits per heavy atom. The smallest absolute Gasteiger partial charge is 0.333 e. The molecule has 0 bridgehead atoms. The Balaban J connectivity index is 1.61. The first-order valence-electron chi connectivity index (χ1n) is 14.1. The van der Waals surface area contributed by atoms with Crippen LogP contribution >= 0.6 is 0 Å². The van der Waals surface area contributed by atoms with Gasteiger partial charge in [-0.2, -0.15) is 0 Å². The van der Waals surface area contributed by atoms with Crippen LogP contribution in [-0.4, -0.2) is 6.98 Å². The number of fused-ring (bicyclic) bond motifs is 1. The van der Waals surface area contributed by atoms with Crippen molar-refractivity contribution in [2.45, 2.75) is 6.92 Å². The average Bonchev–Trinajstić information content (AvgIpc) is 3.38. The van der Waals surface area contributed by atoms with E-state index >= 15 is 0 Å². The summed E-state index contributed by atoms with van der Waals surface area (Å²) in [5, 5.41) is 0. The Bertz CT molecular complexity index is 1760. The van der Waals surface area contributed by atoms with Gasteiger partial charge in [-0.3, -0.25) is 4.81 Å². The minimum absolute atomic E-state index is 0.145. The monoisotopic (exact) mass is 528 g/mol. The summed E-state index contributed by atoms with van der Waals surface area (Å²) >= 11 is 0. The molecule has 1 aliphatic rings. The zero-order chi connectivity index (χ0) is 27.8. The largest absolute Gasteiger partial charge is 0.543 e. The lowest BCUT2D eigenvalue weighted by molar-refractivity contribution is -0.657. The third-order valence-corrected chi connectivity index (χ3v) is 8.05. The highest BCUT2D eigenvalue weighted by atomic mass is 15.4. The minimum Gasteiger partial charge on any atom is -0.333 e. The Kier molecular flexibility index (Phi) is 6.37. The van der Waals surface area contributed by atoms with E-state index in [2.05, 4.69) is 180 Å². The van der Waals surface area contributed by atoms with Gasteiger partial charge in [-0.25, -0.2) is 4.57 Å². The van der Waals surface area contributed by atoms with Gasteiger partial charge in [-0.15, -0.1) is 0 Å². The maximum absolute atomic E-state index is 2.53. The van der Waals surface area contributed by atoms with Gasteiger partial charge in [0.05, 0.1) is 13.2 Å². The van der Waals surface area contributed by atoms with E-state index in [0.717, 1.165) is 11.5 Å². The third kappa shape index (κ3) is 4.29. The second-order valence-electron chi connectivity index (χ2n) is 10.6. The second-order valence-corrected chi connectivity index (χ2v) is 10.6. The zero-order valence-corrected chi connectivity index (χ0v) is 23.4. The van der Waals surface area contributed by atoms with Gasteiger partial charge in [-0.05, 0) is 65.1 Å². The Labute approximate surface area is 242 Å². The molecule has 0 saturated carbocycles. The molecule has 2 heterocycles. The Hall–Kier alpha value is -5.09. The summed E-state index contributed by atoms with van der Waals surface area (Å²) in [5.74, 6) is 1.16. The van der Waals surface area contributed by atoms with E-state index in [9.17, 15) is 0 Å². The van der Waals surface area contributed by atoms with Crippen LogP contribution in [0.1, 0.15) is 5.56 Å². The van der Waals surface area contributed by atoms with E-state index < -0.39 is 0 Å². The van der Waals surface area contributed by atoms with Crippen LogP contribution in [0.4, 0.5) is 22.9 Å². The molecule has 5 aromatic carbocycles. The molecule has 0 radical (unpaired) electrons. The van der Waals surface area contributed by atoms with Gasteiger partial charge in [0.25, 0.3) is 5.82 Å². The van der Waals surface area contributed by atoms with E-state index in [1.165, 1.54) is 44.7 Å². The molecule has 0 unspecified atom stereocenters. The molecule has 0 amide bonds. The van der Waals surface area contributed by atoms with Crippen molar-refractivity contribution in [2.24, 2.45) is 7.05 Å². The Morgan fingerprint density at radius 2 is 1.05 bits per heavy atom. The number of rotatable bonds is 5. The average molecular weight is 528 g/mol. The predicted molar refractivity (Wildman–Crippen MR) is 172 cm³/mol. The number of hydrogen-bond donors (Lipinski definition) is 0. The summed E-state index contributed by atoms with van der Waals surface area (Å²) in [7, 11) is 2.15. The molecule has 1 aromatic heterocycles. The summed E-state index contributed by atoms with van der Waals surface area (Å²) in [4.78, 5) is 5.04. The summed E-state index contributed by atoms with van der Waals surface area (Å²) < 4.78 is 2.25. The van der Waals surface area contributed by atoms with Crippen LogP contribution in [0.25, 0.3) is 22.3 Å². The normalized spacial score (nSPS) is 12.5. The van der Waals surface area contributed by atoms with Crippen molar-refractivity contribution in [3.63, 3.8) is 0 Å². The summed E-state index contributed by atoms with van der Waals surface area (Å²) in [5.41, 5.74) is 10.9. The summed E-state index contributed by atoms with van der Waals surface area (Å²) in [6, 6.07) is 52.3. The van der Waals surface area contributed by atoms with E-state index in [-0.39, 0.29) is 6.98 Å². The number of benzene rings is 5. The highest BCUT2D eigenvalue weighted by molar-refractivity contribution is 6.86. The number of pyridine rings is 1. The molecular weight excluding hydrogens is 497 g/mol. The summed E-state index contributed by atoms with van der Waals surface area (Å²) in [6.07, 6.45) is 2.15. The van der Waals surface area contributed by atoms with Crippen LogP contribution < -0.4 is 19.7 Å². The van der Waals surface area contributed by atoms with E-state index in [0.29, 0.717) is 0 Å². The van der Waals surface area contributed by atoms with Crippen molar-refractivity contribution in [3.8, 4) is 22.3 Å². The predicted octanol–water partition coefficient (Wildman–Crippen LogP) is 7.84. The fraction of sp³-hybridized carbons (Fsp3) is 0.0541. The molecule has 4 heteroatoms. The molecule has 0 saturated heterocycles. The lowest BCUT2D eigenvalue weighted by Crippen LogP contribution is -2.55. The highest BCUT2D eigenvalue weighted by Gasteiger charge is 2.54. The van der Waals surface area contributed by atoms with Gasteiger partial charge in [0, 0.05) is 11.2 Å². The van der Waals surface area contributed by atoms with Gasteiger partial charge >= 0.3 is 6.98 Å². The first kappa shape index (κ1) is 24.9. The van der Waals surface area contributed by atoms with Crippen LogP contribution in [0.2, 0.25) is 0 Å². The first-order valence-corrected chi connectivity index (χ1v) is 14.1. The van der Waals surface area contributed by atoms with Crippen LogP contribution in [0.5, 0.6) is 0 Å². The topological polar surface area (TPSA) is 10.4 Å². The standard InChI is InChI=1S/C37H31BN3/c1-28-16-12-13-25-34(28)41-37-35(26-15-27-39(37)2)40(31-21-10-5-11-22-31)38(41)36-32(29-17-6-3-7-18-29)23-14-24-33(36)30-19-8-4-9-20-30/h3-27H,1-2H3/q+1. The number of aromatic nitrogens is 1. The molecule has 0 aliphatic carbocycles. The molecule has 7 rings (SSSR count). The van der Waals surface area contributed by atoms with Crippen LogP contribution in [0.3, 0.4) is 0 Å². The van der Waals surface area contributed by atoms with Crippen molar-refractivity contribution >= 4 is 35.3 Å². The van der Waals surface area contributed by atoms with E-state index in [4.69, 9.17) is 0 Å². The molecule has 0 fully saturated rings. The molecular formula is C37H31BN3+. The maximum Gasteiger partial charge on any atom is 0.543 e. The molecule has 0 spiro atoms. The van der Waals surface area contributed by atoms with Crippen molar-refractivity contribution in [2.75, 3.05) is 9.62 Å². The van der Waals surface area contributed by atoms with Crippen molar-refractivity contribution in [1.82, 2.24) is 0 Å². The lowest BCUT2D eigenvalue weighted by Gasteiger charge is -2.28. The second kappa shape index (κ2) is 10.5. The minimum atomic E-state index is -0.145. The van der Waals surface area contributed by atoms with Gasteiger partial charge in [0.2, 0.25) is 0 Å². The zero-order valence-electron chi connectivity index (χ0n) is 23.4. The van der Waals surface area contributed by atoms with E-state index in [1.54, 1.807) is 0 Å². The maximum atomic E-state index is 2.53. The number of para-hydroxylation sites is 2. The number of nitrogens with zero attached hydrogens (tertiary/aromatic N) is 3. The van der Waals surface area contributed by atoms with Gasteiger partial charge in [-0.1, -0.05) is 115 Å². The fourth-order valence-corrected chi connectivity index (χ4v) is 6.22. The third-order valence-electron chi connectivity index (χ3n) is 8.05. The number of aryl methyl sites for hydroxylation is 2. The molecule has 41 heavy (non-hydrogen) atoms. The van der Waals surface area contributed by atoms with Crippen molar-refractivity contribution in [3.05, 3.63) is 157 Å². The molecule has 3 nitrogen and oxygen atoms in total. The van der Waals surface area contributed by atoms with Crippen LogP contribution in [0.15, 0.2) is 152 Å². The van der Waals surface area contributed by atoms with Gasteiger partial charge in [0.1, 0.15) is 11.4 Å². The van der Waals surface area contributed by atoms with Gasteiger partial charge < -0.3 is 4.81 Å². The van der Waals surface area contributed by atoms with Gasteiger partial charge in [0.15, 0.2) is 0 Å². The molecule has 0 atom stereocenters. The highest BCUT2D eigenvalue weighted by Crippen LogP contribution is 2.46.